The van der Waals surface area contributed by atoms with Gasteiger partial charge in [-0.05, 0) is 43.2 Å². The molecule has 0 bridgehead atoms. The predicted molar refractivity (Wildman–Crippen MR) is 139 cm³/mol. The van der Waals surface area contributed by atoms with Gasteiger partial charge >= 0.3 is 5.97 Å². The summed E-state index contributed by atoms with van der Waals surface area (Å²) in [7, 11) is 0. The first kappa shape index (κ1) is 31.1. The average molecular weight is 506 g/mol. The zero-order valence-electron chi connectivity index (χ0n) is 21.8. The molecule has 10 heteroatoms. The van der Waals surface area contributed by atoms with Gasteiger partial charge in [0.2, 0.25) is 17.7 Å². The number of carboxylic acid groups (broad SMARTS) is 1. The summed E-state index contributed by atoms with van der Waals surface area (Å²) in [5.41, 5.74) is 12.3. The summed E-state index contributed by atoms with van der Waals surface area (Å²) in [5, 5.41) is 17.5. The van der Waals surface area contributed by atoms with Crippen molar-refractivity contribution in [2.45, 2.75) is 84.0 Å². The fraction of sp³-hybridized carbons (Fsp3) is 0.615. The van der Waals surface area contributed by atoms with E-state index in [2.05, 4.69) is 16.0 Å². The Hall–Kier alpha value is -2.98. The summed E-state index contributed by atoms with van der Waals surface area (Å²) >= 11 is 0. The van der Waals surface area contributed by atoms with Crippen molar-refractivity contribution in [2.75, 3.05) is 6.54 Å². The summed E-state index contributed by atoms with van der Waals surface area (Å²) < 4.78 is 0. The van der Waals surface area contributed by atoms with Gasteiger partial charge in [-0.3, -0.25) is 14.4 Å². The van der Waals surface area contributed by atoms with Crippen LogP contribution in [-0.4, -0.2) is 59.5 Å². The van der Waals surface area contributed by atoms with Crippen molar-refractivity contribution in [3.8, 4) is 0 Å². The topological polar surface area (TPSA) is 177 Å². The number of hydrogen-bond acceptors (Lipinski definition) is 6. The molecule has 4 unspecified atom stereocenters. The molecule has 0 fully saturated rings. The van der Waals surface area contributed by atoms with Crippen molar-refractivity contribution in [3.63, 3.8) is 0 Å². The lowest BCUT2D eigenvalue weighted by Crippen LogP contribution is -2.58. The number of nitrogens with two attached hydrogens (primary N) is 2. The van der Waals surface area contributed by atoms with Crippen LogP contribution in [0.2, 0.25) is 0 Å². The van der Waals surface area contributed by atoms with Crippen LogP contribution >= 0.6 is 0 Å². The highest BCUT2D eigenvalue weighted by atomic mass is 16.4. The van der Waals surface area contributed by atoms with Crippen LogP contribution in [0.4, 0.5) is 0 Å². The number of rotatable bonds is 16. The predicted octanol–water partition coefficient (Wildman–Crippen LogP) is 0.927. The third-order valence-corrected chi connectivity index (χ3v) is 5.79. The van der Waals surface area contributed by atoms with Gasteiger partial charge in [-0.25, -0.2) is 4.79 Å². The average Bonchev–Trinajstić information content (AvgIpc) is 2.81. The molecule has 0 radical (unpaired) electrons. The van der Waals surface area contributed by atoms with E-state index in [1.807, 2.05) is 44.2 Å². The van der Waals surface area contributed by atoms with Crippen molar-refractivity contribution in [1.82, 2.24) is 16.0 Å². The lowest BCUT2D eigenvalue weighted by atomic mass is 9.99. The summed E-state index contributed by atoms with van der Waals surface area (Å²) in [6.07, 6.45) is 2.40. The van der Waals surface area contributed by atoms with E-state index < -0.39 is 47.9 Å². The maximum Gasteiger partial charge on any atom is 0.326 e. The molecule has 1 aromatic carbocycles. The molecule has 0 aliphatic rings. The van der Waals surface area contributed by atoms with E-state index in [1.54, 1.807) is 13.8 Å². The van der Waals surface area contributed by atoms with Crippen LogP contribution in [0.15, 0.2) is 30.3 Å². The van der Waals surface area contributed by atoms with E-state index in [0.29, 0.717) is 25.8 Å². The Morgan fingerprint density at radius 3 is 1.97 bits per heavy atom. The maximum absolute atomic E-state index is 13.3. The van der Waals surface area contributed by atoms with Crippen molar-refractivity contribution >= 4 is 23.7 Å². The van der Waals surface area contributed by atoms with E-state index in [1.165, 1.54) is 0 Å². The molecule has 0 spiro atoms. The number of unbranched alkanes of at least 4 members (excludes halogenated alkanes) is 1. The zero-order valence-corrected chi connectivity index (χ0v) is 21.8. The molecule has 4 atom stereocenters. The molecule has 0 aliphatic carbocycles. The van der Waals surface area contributed by atoms with Gasteiger partial charge in [-0.15, -0.1) is 0 Å². The minimum absolute atomic E-state index is 0.0771. The molecule has 1 aromatic rings. The van der Waals surface area contributed by atoms with E-state index in [9.17, 15) is 24.3 Å². The van der Waals surface area contributed by atoms with Crippen molar-refractivity contribution < 1.29 is 24.3 Å². The number of carbonyl (C=O) groups is 4. The minimum atomic E-state index is -1.16. The van der Waals surface area contributed by atoms with Gasteiger partial charge in [-0.1, -0.05) is 64.4 Å². The number of aliphatic carboxylic acids is 1. The van der Waals surface area contributed by atoms with Gasteiger partial charge in [0, 0.05) is 6.42 Å². The lowest BCUT2D eigenvalue weighted by molar-refractivity contribution is -0.143. The molecular formula is C26H43N5O5. The third kappa shape index (κ3) is 11.2. The second-order valence-corrected chi connectivity index (χ2v) is 9.90. The molecule has 0 aliphatic heterocycles. The van der Waals surface area contributed by atoms with Crippen LogP contribution in [0, 0.1) is 11.8 Å². The summed E-state index contributed by atoms with van der Waals surface area (Å²) in [6.45, 7) is 7.73. The molecule has 0 saturated heterocycles. The molecule has 202 valence electrons. The standard InChI is InChI=1S/C26H43N5O5/c1-16(2)14-20(29-23(32)19(28)12-8-9-13-27)24(33)30-21(15-18-10-6-5-7-11-18)25(34)31-22(17(3)4)26(35)36/h5-7,10-11,16-17,19-22H,8-9,12-15,27-28H2,1-4H3,(H,29,32)(H,30,33)(H,31,34)(H,35,36). The van der Waals surface area contributed by atoms with Crippen LogP contribution in [0.1, 0.15) is 58.9 Å². The van der Waals surface area contributed by atoms with E-state index in [0.717, 1.165) is 12.0 Å². The van der Waals surface area contributed by atoms with Crippen LogP contribution < -0.4 is 27.4 Å². The Bertz CT molecular complexity index is 846. The molecule has 0 heterocycles. The highest BCUT2D eigenvalue weighted by molar-refractivity contribution is 5.94. The van der Waals surface area contributed by atoms with Gasteiger partial charge in [0.05, 0.1) is 6.04 Å². The Balaban J connectivity index is 3.06. The van der Waals surface area contributed by atoms with Crippen LogP contribution in [0.25, 0.3) is 0 Å². The quantitative estimate of drug-likeness (QED) is 0.181. The van der Waals surface area contributed by atoms with Crippen LogP contribution in [0.5, 0.6) is 0 Å². The lowest BCUT2D eigenvalue weighted by Gasteiger charge is -2.27. The molecule has 0 aromatic heterocycles. The first-order chi connectivity index (χ1) is 17.0. The minimum Gasteiger partial charge on any atom is -0.480 e. The van der Waals surface area contributed by atoms with Gasteiger partial charge in [0.1, 0.15) is 18.1 Å². The van der Waals surface area contributed by atoms with Gasteiger partial charge < -0.3 is 32.5 Å². The molecule has 3 amide bonds. The number of amides is 3. The Morgan fingerprint density at radius 1 is 0.861 bits per heavy atom. The van der Waals surface area contributed by atoms with Crippen molar-refractivity contribution in [1.29, 1.82) is 0 Å². The van der Waals surface area contributed by atoms with Gasteiger partial charge in [-0.2, -0.15) is 0 Å². The van der Waals surface area contributed by atoms with E-state index in [-0.39, 0.29) is 18.3 Å². The van der Waals surface area contributed by atoms with E-state index in [4.69, 9.17) is 11.5 Å². The first-order valence-electron chi connectivity index (χ1n) is 12.6. The Morgan fingerprint density at radius 2 is 1.44 bits per heavy atom. The molecule has 36 heavy (non-hydrogen) atoms. The molecule has 8 N–H and O–H groups in total. The monoisotopic (exact) mass is 505 g/mol. The second kappa shape index (κ2) is 15.9. The smallest absolute Gasteiger partial charge is 0.326 e. The van der Waals surface area contributed by atoms with Crippen molar-refractivity contribution in [2.24, 2.45) is 23.3 Å². The zero-order chi connectivity index (χ0) is 27.3. The second-order valence-electron chi connectivity index (χ2n) is 9.90. The summed E-state index contributed by atoms with van der Waals surface area (Å²) in [4.78, 5) is 50.7. The number of benzene rings is 1. The van der Waals surface area contributed by atoms with Gasteiger partial charge in [0.25, 0.3) is 0 Å². The fourth-order valence-electron chi connectivity index (χ4n) is 3.72. The number of hydrogen-bond donors (Lipinski definition) is 6. The van der Waals surface area contributed by atoms with Crippen LogP contribution in [-0.2, 0) is 25.6 Å². The molecule has 10 nitrogen and oxygen atoms in total. The van der Waals surface area contributed by atoms with Crippen LogP contribution in [0.3, 0.4) is 0 Å². The summed E-state index contributed by atoms with van der Waals surface area (Å²) in [6, 6.07) is 5.28. The Kier molecular flexibility index (Phi) is 13.7. The normalized spacial score (nSPS) is 14.6. The third-order valence-electron chi connectivity index (χ3n) is 5.79. The Labute approximate surface area is 213 Å². The molecule has 0 saturated carbocycles. The largest absolute Gasteiger partial charge is 0.480 e. The summed E-state index contributed by atoms with van der Waals surface area (Å²) in [5.74, 6) is -3.01. The maximum atomic E-state index is 13.3. The number of carbonyl (C=O) groups excluding carboxylic acids is 3. The fourth-order valence-corrected chi connectivity index (χ4v) is 3.72. The SMILES string of the molecule is CC(C)CC(NC(=O)C(N)CCCCN)C(=O)NC(Cc1ccccc1)C(=O)NC(C(=O)O)C(C)C. The van der Waals surface area contributed by atoms with Gasteiger partial charge in [0.15, 0.2) is 0 Å². The number of nitrogens with one attached hydrogen (secondary N) is 3. The van der Waals surface area contributed by atoms with E-state index >= 15 is 0 Å². The molecule has 1 rings (SSSR count). The number of carboxylic acids is 1. The van der Waals surface area contributed by atoms with Crippen molar-refractivity contribution in [3.05, 3.63) is 35.9 Å². The highest BCUT2D eigenvalue weighted by Gasteiger charge is 2.31. The first-order valence-corrected chi connectivity index (χ1v) is 12.6. The molecular weight excluding hydrogens is 462 g/mol. The highest BCUT2D eigenvalue weighted by Crippen LogP contribution is 2.10.